The van der Waals surface area contributed by atoms with Gasteiger partial charge in [-0.1, -0.05) is 180 Å². The molecule has 0 aliphatic heterocycles. The predicted molar refractivity (Wildman–Crippen MR) is 286 cm³/mol. The van der Waals surface area contributed by atoms with Gasteiger partial charge in [-0.25, -0.2) is 0 Å². The average molecular weight is 843 g/mol. The molecule has 0 atom stereocenters. The third-order valence-corrected chi connectivity index (χ3v) is 14.1. The van der Waals surface area contributed by atoms with E-state index in [1.165, 1.54) is 115 Å². The number of hydrogen-bond acceptors (Lipinski definition) is 2. The molecular weight excluding hydrogens is 797 g/mol. The van der Waals surface area contributed by atoms with Gasteiger partial charge in [-0.3, -0.25) is 0 Å². The molecule has 0 aliphatic rings. The molecule has 0 bridgehead atoms. The summed E-state index contributed by atoms with van der Waals surface area (Å²) in [4.78, 5) is 5.00. The van der Waals surface area contributed by atoms with Crippen molar-refractivity contribution in [3.8, 4) is 0 Å². The van der Waals surface area contributed by atoms with Gasteiger partial charge < -0.3 is 9.80 Å². The lowest BCUT2D eigenvalue weighted by Gasteiger charge is -2.33. The second-order valence-electron chi connectivity index (χ2n) is 18.4. The van der Waals surface area contributed by atoms with Gasteiger partial charge in [0, 0.05) is 76.6 Å². The lowest BCUT2D eigenvalue weighted by molar-refractivity contribution is 1.29. The van der Waals surface area contributed by atoms with Gasteiger partial charge in [0.25, 0.3) is 0 Å². The molecule has 0 fully saturated rings. The maximum atomic E-state index is 2.51. The van der Waals surface area contributed by atoms with Crippen LogP contribution in [0.5, 0.6) is 0 Å². The van der Waals surface area contributed by atoms with Crippen LogP contribution in [-0.4, -0.2) is 0 Å². The van der Waals surface area contributed by atoms with E-state index < -0.39 is 0 Å². The van der Waals surface area contributed by atoms with Crippen molar-refractivity contribution < 1.29 is 0 Å². The van der Waals surface area contributed by atoms with Crippen molar-refractivity contribution in [3.05, 3.63) is 228 Å². The summed E-state index contributed by atoms with van der Waals surface area (Å²) >= 11 is 0. The number of hydrogen-bond donors (Lipinski definition) is 0. The zero-order valence-corrected chi connectivity index (χ0v) is 37.5. The molecule has 312 valence electrons. The van der Waals surface area contributed by atoms with Crippen LogP contribution in [0.15, 0.2) is 194 Å². The minimum Gasteiger partial charge on any atom is -0.309 e. The van der Waals surface area contributed by atoms with Crippen molar-refractivity contribution in [3.63, 3.8) is 0 Å². The predicted octanol–water partition coefficient (Wildman–Crippen LogP) is 18.4. The Morgan fingerprint density at radius 3 is 0.758 bits per heavy atom. The summed E-state index contributed by atoms with van der Waals surface area (Å²) in [5.74, 6) is 0. The van der Waals surface area contributed by atoms with Crippen LogP contribution >= 0.6 is 0 Å². The minimum atomic E-state index is 1.12. The molecule has 13 aromatic rings. The van der Waals surface area contributed by atoms with Crippen LogP contribution in [0.1, 0.15) is 33.4 Å². The molecule has 2 heteroatoms. The molecule has 0 radical (unpaired) electrons. The average Bonchev–Trinajstić information content (AvgIpc) is 3.35. The Labute approximate surface area is 384 Å². The van der Waals surface area contributed by atoms with E-state index in [9.17, 15) is 0 Å². The van der Waals surface area contributed by atoms with E-state index >= 15 is 0 Å². The Kier molecular flexibility index (Phi) is 8.51. The van der Waals surface area contributed by atoms with Crippen molar-refractivity contribution in [2.75, 3.05) is 9.80 Å². The smallest absolute Gasteiger partial charge is 0.0619 e. The lowest BCUT2D eigenvalue weighted by atomic mass is 9.79. The van der Waals surface area contributed by atoms with Gasteiger partial charge in [-0.05, 0) is 109 Å². The fraction of sp³-hybridized carbons (Fsp3) is 0.0625. The van der Waals surface area contributed by atoms with E-state index in [1.807, 2.05) is 0 Å². The Hall–Kier alpha value is -8.20. The van der Waals surface area contributed by atoms with Crippen LogP contribution in [0, 0.1) is 27.7 Å². The first-order valence-corrected chi connectivity index (χ1v) is 23.1. The first kappa shape index (κ1) is 38.3. The number of fused-ring (bicyclic) bond motifs is 2. The number of benzene rings is 13. The van der Waals surface area contributed by atoms with Crippen LogP contribution in [-0.2, 0) is 0 Å². The molecule has 2 nitrogen and oxygen atoms in total. The van der Waals surface area contributed by atoms with Crippen LogP contribution in [0.4, 0.5) is 34.1 Å². The van der Waals surface area contributed by atoms with E-state index in [4.69, 9.17) is 0 Å². The van der Waals surface area contributed by atoms with Crippen molar-refractivity contribution in [1.82, 2.24) is 0 Å². The van der Waals surface area contributed by atoms with Gasteiger partial charge in [0.15, 0.2) is 0 Å². The van der Waals surface area contributed by atoms with Gasteiger partial charge in [-0.15, -0.1) is 0 Å². The van der Waals surface area contributed by atoms with Crippen molar-refractivity contribution in [2.24, 2.45) is 0 Å². The molecule has 0 unspecified atom stereocenters. The van der Waals surface area contributed by atoms with Crippen molar-refractivity contribution in [1.29, 1.82) is 0 Å². The van der Waals surface area contributed by atoms with Gasteiger partial charge in [0.2, 0.25) is 0 Å². The van der Waals surface area contributed by atoms with E-state index in [2.05, 4.69) is 244 Å². The van der Waals surface area contributed by atoms with E-state index in [-0.39, 0.29) is 0 Å². The number of nitrogens with zero attached hydrogens (tertiary/aromatic N) is 2. The van der Waals surface area contributed by atoms with Gasteiger partial charge in [-0.2, -0.15) is 0 Å². The molecule has 0 spiro atoms. The first-order valence-electron chi connectivity index (χ1n) is 23.1. The van der Waals surface area contributed by atoms with Crippen molar-refractivity contribution >= 4 is 122 Å². The summed E-state index contributed by atoms with van der Waals surface area (Å²) in [6.07, 6.45) is 4.41. The topological polar surface area (TPSA) is 6.48 Å². The molecule has 0 aliphatic carbocycles. The largest absolute Gasteiger partial charge is 0.309 e. The number of aryl methyl sites for hydroxylation is 4. The molecule has 0 saturated heterocycles. The Morgan fingerprint density at radius 1 is 0.242 bits per heavy atom. The quantitative estimate of drug-likeness (QED) is 0.0854. The Bertz CT molecular complexity index is 3790. The van der Waals surface area contributed by atoms with E-state index in [1.54, 1.807) is 0 Å². The molecule has 0 saturated carbocycles. The Morgan fingerprint density at radius 2 is 0.470 bits per heavy atom. The minimum absolute atomic E-state index is 1.12. The van der Waals surface area contributed by atoms with Crippen molar-refractivity contribution in [2.45, 2.75) is 27.7 Å². The van der Waals surface area contributed by atoms with Crippen LogP contribution in [0.25, 0.3) is 87.6 Å². The van der Waals surface area contributed by atoms with Gasteiger partial charge >= 0.3 is 0 Å². The zero-order chi connectivity index (χ0) is 44.2. The second kappa shape index (κ2) is 14.7. The summed E-state index contributed by atoms with van der Waals surface area (Å²) in [6.45, 7) is 8.63. The molecule has 0 amide bonds. The molecule has 13 aromatic carbocycles. The van der Waals surface area contributed by atoms with E-state index in [0.717, 1.165) is 28.3 Å². The first-order chi connectivity index (χ1) is 32.4. The standard InChI is InChI=1S/C64H46N2/c1-39-17-25-43(26-18-39)27-28-44-29-37-48(38-30-44)66(47-35-23-42(4)24-36-47)64-55-15-7-11-51-49-9-5-13-53-57(49)61-58-50(52-12-8-16-56(64)60(52)62(61)59(51)55)10-6-14-54(58)63(53)65(45-31-19-40(2)20-32-45)46-33-21-41(3)22-34-46/h5-38H,1-4H3/b28-27+. The maximum Gasteiger partial charge on any atom is 0.0619 e. The zero-order valence-electron chi connectivity index (χ0n) is 37.5. The SMILES string of the molecule is Cc1ccc(/C=C/c2ccc(N(c3ccc(C)cc3)c3c4cccc5c6cccc7c(N(c8ccc(C)cc8)c8ccc(C)cc8)c8cccc9c%10cccc3c%10c(c45)c(c76)c89)cc2)cc1. The molecule has 0 N–H and O–H groups in total. The summed E-state index contributed by atoms with van der Waals surface area (Å²) in [5, 5.41) is 18.1. The van der Waals surface area contributed by atoms with Crippen LogP contribution < -0.4 is 9.80 Å². The Balaban J connectivity index is 1.13. The molecule has 0 aromatic heterocycles. The van der Waals surface area contributed by atoms with E-state index in [0.29, 0.717) is 0 Å². The highest BCUT2D eigenvalue weighted by Gasteiger charge is 2.30. The molecule has 0 heterocycles. The highest BCUT2D eigenvalue weighted by molar-refractivity contribution is 6.51. The van der Waals surface area contributed by atoms with Crippen LogP contribution in [0.3, 0.4) is 0 Å². The van der Waals surface area contributed by atoms with Gasteiger partial charge in [0.1, 0.15) is 0 Å². The monoisotopic (exact) mass is 842 g/mol. The summed E-state index contributed by atoms with van der Waals surface area (Å²) in [6, 6.07) is 72.9. The fourth-order valence-corrected chi connectivity index (χ4v) is 11.0. The lowest BCUT2D eigenvalue weighted by Crippen LogP contribution is -2.13. The van der Waals surface area contributed by atoms with Gasteiger partial charge in [0.05, 0.1) is 11.4 Å². The summed E-state index contributed by atoms with van der Waals surface area (Å²) in [7, 11) is 0. The highest BCUT2D eigenvalue weighted by atomic mass is 15.2. The fourth-order valence-electron chi connectivity index (χ4n) is 11.0. The maximum absolute atomic E-state index is 2.51. The third kappa shape index (κ3) is 5.74. The van der Waals surface area contributed by atoms with Crippen LogP contribution in [0.2, 0.25) is 0 Å². The molecule has 66 heavy (non-hydrogen) atoms. The summed E-state index contributed by atoms with van der Waals surface area (Å²) < 4.78 is 0. The summed E-state index contributed by atoms with van der Waals surface area (Å²) in [5.41, 5.74) is 14.3. The molecule has 13 rings (SSSR count). The molecular formula is C64H46N2. The second-order valence-corrected chi connectivity index (χ2v) is 18.4. The number of anilines is 6. The third-order valence-electron chi connectivity index (χ3n) is 14.1. The normalized spacial score (nSPS) is 12.2. The highest BCUT2D eigenvalue weighted by Crippen LogP contribution is 2.58. The number of rotatable bonds is 8.